The zero-order valence-electron chi connectivity index (χ0n) is 18.3. The molecule has 0 aliphatic carbocycles. The summed E-state index contributed by atoms with van der Waals surface area (Å²) in [5, 5.41) is 0.527. The van der Waals surface area contributed by atoms with Crippen molar-refractivity contribution in [2.75, 3.05) is 13.1 Å². The van der Waals surface area contributed by atoms with E-state index in [1.807, 2.05) is 25.1 Å². The van der Waals surface area contributed by atoms with Crippen LogP contribution in [0.25, 0.3) is 11.0 Å². The fraction of sp³-hybridized carbons (Fsp3) is 0.360. The van der Waals surface area contributed by atoms with E-state index in [0.717, 1.165) is 5.56 Å². The fourth-order valence-electron chi connectivity index (χ4n) is 4.78. The highest BCUT2D eigenvalue weighted by Crippen LogP contribution is 2.42. The number of rotatable bonds is 3. The Labute approximate surface area is 195 Å². The number of para-hydroxylation sites is 2. The first kappa shape index (κ1) is 21.6. The maximum atomic E-state index is 12.8. The Kier molecular flexibility index (Phi) is 5.44. The summed E-state index contributed by atoms with van der Waals surface area (Å²) in [4.78, 5) is 47.0. The number of aromatic amines is 1. The van der Waals surface area contributed by atoms with E-state index in [9.17, 15) is 14.4 Å². The van der Waals surface area contributed by atoms with Gasteiger partial charge in [0.2, 0.25) is 5.91 Å². The lowest BCUT2D eigenvalue weighted by molar-refractivity contribution is -0.134. The molecule has 2 aliphatic rings. The topological polar surface area (TPSA) is 92.4 Å². The first-order valence-electron chi connectivity index (χ1n) is 11.1. The van der Waals surface area contributed by atoms with Crippen molar-refractivity contribution < 1.29 is 14.3 Å². The number of hydrogen-bond donors (Lipinski definition) is 1. The zero-order chi connectivity index (χ0) is 23.2. The number of nitrogens with zero attached hydrogens (tertiary/aromatic N) is 2. The summed E-state index contributed by atoms with van der Waals surface area (Å²) < 4.78 is 6.36. The molecule has 2 aromatic carbocycles. The predicted octanol–water partition coefficient (Wildman–Crippen LogP) is 3.84. The number of Topliss-reactive ketones (excluding diaryl/α,β-unsaturated/α-hetero) is 1. The Bertz CT molecular complexity index is 1320. The second kappa shape index (κ2) is 8.30. The molecule has 0 radical (unpaired) electrons. The Morgan fingerprint density at radius 3 is 2.76 bits per heavy atom. The lowest BCUT2D eigenvalue weighted by Gasteiger charge is -2.44. The van der Waals surface area contributed by atoms with Gasteiger partial charge >= 0.3 is 0 Å². The summed E-state index contributed by atoms with van der Waals surface area (Å²) in [6.07, 6.45) is 1.95. The third-order valence-electron chi connectivity index (χ3n) is 6.61. The molecule has 1 fully saturated rings. The van der Waals surface area contributed by atoms with E-state index in [-0.39, 0.29) is 36.5 Å². The Hall–Kier alpha value is -3.19. The highest BCUT2D eigenvalue weighted by Gasteiger charge is 2.44. The van der Waals surface area contributed by atoms with Crippen LogP contribution in [0.2, 0.25) is 5.02 Å². The van der Waals surface area contributed by atoms with Crippen molar-refractivity contribution in [2.45, 2.75) is 44.6 Å². The van der Waals surface area contributed by atoms with Gasteiger partial charge in [-0.2, -0.15) is 0 Å². The summed E-state index contributed by atoms with van der Waals surface area (Å²) >= 11 is 6.11. The molecule has 1 aromatic heterocycles. The zero-order valence-corrected chi connectivity index (χ0v) is 19.1. The molecule has 170 valence electrons. The van der Waals surface area contributed by atoms with Gasteiger partial charge in [-0.3, -0.25) is 14.4 Å². The van der Waals surface area contributed by atoms with Crippen LogP contribution >= 0.6 is 11.6 Å². The molecule has 2 aliphatic heterocycles. The fourth-order valence-corrected chi connectivity index (χ4v) is 5.05. The standard InChI is InChI=1S/C25H24ClN3O4/c1-15-12-16(26)13-17-21(30)14-25(33-23(15)17)8-10-29(11-9-25)22(31)7-6-20-24(32)28-19-5-3-2-4-18(19)27-20/h2-5,12-13H,6-11,14H2,1H3,(H,28,32). The Balaban J connectivity index is 1.23. The molecule has 33 heavy (non-hydrogen) atoms. The number of amides is 1. The number of ether oxygens (including phenoxy) is 1. The van der Waals surface area contributed by atoms with Crippen LogP contribution in [-0.2, 0) is 11.2 Å². The smallest absolute Gasteiger partial charge is 0.270 e. The van der Waals surface area contributed by atoms with Gasteiger partial charge in [0.1, 0.15) is 17.0 Å². The van der Waals surface area contributed by atoms with Crippen LogP contribution in [0.4, 0.5) is 0 Å². The molecule has 1 saturated heterocycles. The van der Waals surface area contributed by atoms with Gasteiger partial charge in [-0.25, -0.2) is 4.98 Å². The molecule has 5 rings (SSSR count). The van der Waals surface area contributed by atoms with E-state index in [1.165, 1.54) is 0 Å². The van der Waals surface area contributed by atoms with Gasteiger partial charge in [-0.1, -0.05) is 23.7 Å². The third-order valence-corrected chi connectivity index (χ3v) is 6.83. The van der Waals surface area contributed by atoms with Gasteiger partial charge in [-0.15, -0.1) is 0 Å². The number of H-pyrrole nitrogens is 1. The minimum absolute atomic E-state index is 0.0234. The lowest BCUT2D eigenvalue weighted by Crippen LogP contribution is -2.52. The van der Waals surface area contributed by atoms with Crippen molar-refractivity contribution in [1.29, 1.82) is 0 Å². The summed E-state index contributed by atoms with van der Waals surface area (Å²) in [6.45, 7) is 2.91. The quantitative estimate of drug-likeness (QED) is 0.634. The number of likely N-dealkylation sites (tertiary alicyclic amines) is 1. The number of nitrogens with one attached hydrogen (secondary N) is 1. The van der Waals surface area contributed by atoms with Crippen LogP contribution in [-0.4, -0.2) is 45.2 Å². The van der Waals surface area contributed by atoms with Crippen molar-refractivity contribution in [1.82, 2.24) is 14.9 Å². The van der Waals surface area contributed by atoms with Crippen LogP contribution in [0.5, 0.6) is 5.75 Å². The molecule has 1 amide bonds. The lowest BCUT2D eigenvalue weighted by atomic mass is 9.82. The molecule has 7 nitrogen and oxygen atoms in total. The van der Waals surface area contributed by atoms with Crippen LogP contribution in [0.1, 0.15) is 47.3 Å². The van der Waals surface area contributed by atoms with E-state index in [0.29, 0.717) is 59.0 Å². The molecule has 0 saturated carbocycles. The number of aromatic nitrogens is 2. The summed E-state index contributed by atoms with van der Waals surface area (Å²) in [5.41, 5.74) is 2.28. The number of aryl methyl sites for hydroxylation is 2. The van der Waals surface area contributed by atoms with Crippen LogP contribution in [0.15, 0.2) is 41.2 Å². The van der Waals surface area contributed by atoms with Crippen molar-refractivity contribution in [3.8, 4) is 5.75 Å². The van der Waals surface area contributed by atoms with Crippen LogP contribution in [0, 0.1) is 6.92 Å². The first-order chi connectivity index (χ1) is 15.8. The number of piperidine rings is 1. The van der Waals surface area contributed by atoms with Crippen LogP contribution < -0.4 is 10.3 Å². The van der Waals surface area contributed by atoms with Gasteiger partial charge in [0.25, 0.3) is 5.56 Å². The highest BCUT2D eigenvalue weighted by molar-refractivity contribution is 6.31. The molecule has 0 unspecified atom stereocenters. The minimum atomic E-state index is -0.587. The Morgan fingerprint density at radius 2 is 1.97 bits per heavy atom. The van der Waals surface area contributed by atoms with Crippen molar-refractivity contribution in [3.05, 3.63) is 68.6 Å². The average molecular weight is 466 g/mol. The summed E-state index contributed by atoms with van der Waals surface area (Å²) in [6, 6.07) is 10.8. The van der Waals surface area contributed by atoms with E-state index in [4.69, 9.17) is 16.3 Å². The van der Waals surface area contributed by atoms with Crippen LogP contribution in [0.3, 0.4) is 0 Å². The van der Waals surface area contributed by atoms with Crippen molar-refractivity contribution in [3.63, 3.8) is 0 Å². The van der Waals surface area contributed by atoms with Gasteiger partial charge in [0.15, 0.2) is 5.78 Å². The molecule has 8 heteroatoms. The van der Waals surface area contributed by atoms with E-state index < -0.39 is 5.60 Å². The second-order valence-corrected chi connectivity index (χ2v) is 9.33. The number of carbonyl (C=O) groups excluding carboxylic acids is 2. The largest absolute Gasteiger partial charge is 0.486 e. The average Bonchev–Trinajstić information content (AvgIpc) is 2.79. The number of ketones is 1. The number of fused-ring (bicyclic) bond motifs is 2. The second-order valence-electron chi connectivity index (χ2n) is 8.89. The van der Waals surface area contributed by atoms with E-state index in [2.05, 4.69) is 9.97 Å². The van der Waals surface area contributed by atoms with Crippen molar-refractivity contribution in [2.24, 2.45) is 0 Å². The monoisotopic (exact) mass is 465 g/mol. The maximum Gasteiger partial charge on any atom is 0.270 e. The normalized spacial score (nSPS) is 17.2. The number of benzene rings is 2. The molecule has 3 aromatic rings. The maximum absolute atomic E-state index is 12.8. The Morgan fingerprint density at radius 1 is 1.21 bits per heavy atom. The number of carbonyl (C=O) groups is 2. The summed E-state index contributed by atoms with van der Waals surface area (Å²) in [7, 11) is 0. The molecular weight excluding hydrogens is 442 g/mol. The molecular formula is C25H24ClN3O4. The SMILES string of the molecule is Cc1cc(Cl)cc2c1OC1(CCN(C(=O)CCc3nc4ccccc4[nH]c3=O)CC1)CC2=O. The van der Waals surface area contributed by atoms with Gasteiger partial charge in [0, 0.05) is 43.8 Å². The molecule has 0 atom stereocenters. The van der Waals surface area contributed by atoms with Crippen molar-refractivity contribution >= 4 is 34.3 Å². The third kappa shape index (κ3) is 4.13. The first-order valence-corrected chi connectivity index (χ1v) is 11.5. The molecule has 1 N–H and O–H groups in total. The molecule has 1 spiro atoms. The molecule has 3 heterocycles. The highest BCUT2D eigenvalue weighted by atomic mass is 35.5. The van der Waals surface area contributed by atoms with E-state index in [1.54, 1.807) is 23.1 Å². The van der Waals surface area contributed by atoms with Gasteiger partial charge < -0.3 is 14.6 Å². The number of hydrogen-bond acceptors (Lipinski definition) is 5. The summed E-state index contributed by atoms with van der Waals surface area (Å²) in [5.74, 6) is 0.616. The predicted molar refractivity (Wildman–Crippen MR) is 125 cm³/mol. The van der Waals surface area contributed by atoms with Gasteiger partial charge in [0.05, 0.1) is 23.0 Å². The van der Waals surface area contributed by atoms with Gasteiger partial charge in [-0.05, 0) is 36.8 Å². The molecule has 0 bridgehead atoms. The minimum Gasteiger partial charge on any atom is -0.486 e. The van der Waals surface area contributed by atoms with E-state index >= 15 is 0 Å². The number of halogens is 1.